The Bertz CT molecular complexity index is 899. The van der Waals surface area contributed by atoms with Crippen LogP contribution in [0.4, 0.5) is 5.69 Å². The van der Waals surface area contributed by atoms with E-state index in [9.17, 15) is 0 Å². The highest BCUT2D eigenvalue weighted by atomic mass is 16.5. The van der Waals surface area contributed by atoms with Crippen LogP contribution in [-0.4, -0.2) is 7.11 Å². The minimum absolute atomic E-state index is 0.810. The number of nitrogens with zero attached hydrogens (tertiary/aromatic N) is 1. The predicted octanol–water partition coefficient (Wildman–Crippen LogP) is 5.55. The van der Waals surface area contributed by atoms with Crippen LogP contribution < -0.4 is 4.90 Å². The second kappa shape index (κ2) is 9.78. The van der Waals surface area contributed by atoms with Gasteiger partial charge in [-0.15, -0.1) is 0 Å². The molecule has 3 aromatic rings. The van der Waals surface area contributed by atoms with E-state index in [0.717, 1.165) is 24.3 Å². The molecule has 0 unspecified atom stereocenters. The number of ether oxygens (including phenoxy) is 1. The van der Waals surface area contributed by atoms with E-state index in [1.54, 1.807) is 7.11 Å². The van der Waals surface area contributed by atoms with Crippen LogP contribution in [0.3, 0.4) is 0 Å². The lowest BCUT2D eigenvalue weighted by Crippen LogP contribution is -2.23. The summed E-state index contributed by atoms with van der Waals surface area (Å²) < 4.78 is 4.84. The van der Waals surface area contributed by atoms with E-state index < -0.39 is 0 Å². The first kappa shape index (κ1) is 19.7. The fourth-order valence-corrected chi connectivity index (χ4v) is 3.05. The maximum absolute atomic E-state index is 4.84. The van der Waals surface area contributed by atoms with Crippen LogP contribution in [0.5, 0.6) is 0 Å². The van der Waals surface area contributed by atoms with E-state index in [4.69, 9.17) is 4.74 Å². The van der Waals surface area contributed by atoms with E-state index in [1.165, 1.54) is 22.3 Å². The van der Waals surface area contributed by atoms with Crippen molar-refractivity contribution in [2.45, 2.75) is 26.9 Å². The summed E-state index contributed by atoms with van der Waals surface area (Å²) in [5.74, 6) is 6.00. The molecule has 0 bridgehead atoms. The first-order valence-electron chi connectivity index (χ1n) is 9.40. The van der Waals surface area contributed by atoms with Gasteiger partial charge in [0.15, 0.2) is 0 Å². The number of aryl methyl sites for hydroxylation is 2. The molecule has 0 N–H and O–H groups in total. The van der Waals surface area contributed by atoms with Gasteiger partial charge in [-0.25, -0.2) is 0 Å². The Hall–Kier alpha value is -3.02. The van der Waals surface area contributed by atoms with Crippen LogP contribution in [0.15, 0.2) is 72.8 Å². The van der Waals surface area contributed by atoms with Crippen molar-refractivity contribution in [1.29, 1.82) is 0 Å². The number of para-hydroxylation sites is 1. The van der Waals surface area contributed by atoms with Crippen molar-refractivity contribution in [1.82, 2.24) is 0 Å². The summed E-state index contributed by atoms with van der Waals surface area (Å²) >= 11 is 0. The molecule has 0 spiro atoms. The average Bonchev–Trinajstić information content (AvgIpc) is 2.71. The first-order chi connectivity index (χ1) is 13.7. The van der Waals surface area contributed by atoms with Crippen molar-refractivity contribution in [2.75, 3.05) is 12.0 Å². The van der Waals surface area contributed by atoms with Crippen LogP contribution in [0.2, 0.25) is 0 Å². The Labute approximate surface area is 168 Å². The zero-order valence-corrected chi connectivity index (χ0v) is 16.7. The van der Waals surface area contributed by atoms with Gasteiger partial charge in [0.05, 0.1) is 5.69 Å². The lowest BCUT2D eigenvalue weighted by Gasteiger charge is -2.26. The quantitative estimate of drug-likeness (QED) is 0.530. The van der Waals surface area contributed by atoms with Crippen LogP contribution in [-0.2, 0) is 17.8 Å². The smallest absolute Gasteiger partial charge is 0.217 e. The standard InChI is InChI=1S/C26H25NO/c1-21-10-14-23(15-11-21)19-27(20-24-16-12-22(2)13-17-24)26-9-5-4-7-25(26)8-6-18-28-3/h4-5,7,9-17H,19-20H2,1-3H3. The van der Waals surface area contributed by atoms with Crippen molar-refractivity contribution >= 4 is 5.69 Å². The normalized spacial score (nSPS) is 10.2. The van der Waals surface area contributed by atoms with Gasteiger partial charge in [0, 0.05) is 25.8 Å². The van der Waals surface area contributed by atoms with Crippen molar-refractivity contribution in [3.63, 3.8) is 0 Å². The maximum Gasteiger partial charge on any atom is 0.217 e. The third kappa shape index (κ3) is 5.49. The molecule has 2 nitrogen and oxygen atoms in total. The zero-order chi connectivity index (χ0) is 19.8. The highest BCUT2D eigenvalue weighted by Crippen LogP contribution is 2.24. The van der Waals surface area contributed by atoms with Crippen molar-refractivity contribution in [2.24, 2.45) is 0 Å². The molecule has 140 valence electrons. The Kier molecular flexibility index (Phi) is 6.89. The second-order valence-corrected chi connectivity index (χ2v) is 6.90. The highest BCUT2D eigenvalue weighted by Gasteiger charge is 2.12. The van der Waals surface area contributed by atoms with E-state index in [1.807, 2.05) is 12.1 Å². The van der Waals surface area contributed by atoms with Crippen LogP contribution >= 0.6 is 0 Å². The number of hydrogen-bond acceptors (Lipinski definition) is 2. The van der Waals surface area contributed by atoms with Crippen LogP contribution in [0.25, 0.3) is 0 Å². The molecular weight excluding hydrogens is 342 g/mol. The molecule has 3 aromatic carbocycles. The topological polar surface area (TPSA) is 12.5 Å². The Morgan fingerprint density at radius 2 is 1.29 bits per heavy atom. The fraction of sp³-hybridized carbons (Fsp3) is 0.192. The summed E-state index contributed by atoms with van der Waals surface area (Å²) in [4.78, 5) is 2.37. The minimum Gasteiger partial charge on any atom is -0.362 e. The SMILES string of the molecule is CO[C]C#Cc1ccccc1N(Cc1ccc(C)cc1)Cc1ccc(C)cc1. The van der Waals surface area contributed by atoms with Gasteiger partial charge < -0.3 is 9.64 Å². The third-order valence-corrected chi connectivity index (χ3v) is 4.58. The number of benzene rings is 3. The van der Waals surface area contributed by atoms with Gasteiger partial charge in [-0.2, -0.15) is 0 Å². The average molecular weight is 367 g/mol. The minimum atomic E-state index is 0.810. The van der Waals surface area contributed by atoms with Crippen molar-refractivity contribution < 1.29 is 4.74 Å². The van der Waals surface area contributed by atoms with Crippen LogP contribution in [0.1, 0.15) is 27.8 Å². The summed E-state index contributed by atoms with van der Waals surface area (Å²) in [5.41, 5.74) is 7.16. The number of anilines is 1. The molecule has 0 saturated carbocycles. The molecular formula is C26H25NO. The van der Waals surface area contributed by atoms with Gasteiger partial charge >= 0.3 is 0 Å². The predicted molar refractivity (Wildman–Crippen MR) is 116 cm³/mol. The lowest BCUT2D eigenvalue weighted by atomic mass is 10.1. The molecule has 0 atom stereocenters. The molecule has 3 rings (SSSR count). The molecule has 2 radical (unpaired) electrons. The summed E-state index contributed by atoms with van der Waals surface area (Å²) in [7, 11) is 1.56. The van der Waals surface area contributed by atoms with Crippen molar-refractivity contribution in [3.05, 3.63) is 107 Å². The molecule has 0 aromatic heterocycles. The van der Waals surface area contributed by atoms with E-state index in [0.29, 0.717) is 0 Å². The molecule has 0 amide bonds. The monoisotopic (exact) mass is 367 g/mol. The number of methoxy groups -OCH3 is 1. The summed E-state index contributed by atoms with van der Waals surface area (Å²) in [6.45, 7) is 8.44. The highest BCUT2D eigenvalue weighted by molar-refractivity contribution is 5.61. The van der Waals surface area contributed by atoms with Gasteiger partial charge in [-0.3, -0.25) is 0 Å². The van der Waals surface area contributed by atoms with E-state index in [-0.39, 0.29) is 0 Å². The van der Waals surface area contributed by atoms with E-state index >= 15 is 0 Å². The lowest BCUT2D eigenvalue weighted by molar-refractivity contribution is 0.301. The maximum atomic E-state index is 4.84. The molecule has 0 fully saturated rings. The van der Waals surface area contributed by atoms with E-state index in [2.05, 4.69) is 97.9 Å². The van der Waals surface area contributed by atoms with Gasteiger partial charge in [-0.05, 0) is 37.1 Å². The fourth-order valence-electron chi connectivity index (χ4n) is 3.05. The van der Waals surface area contributed by atoms with Gasteiger partial charge in [0.1, 0.15) is 0 Å². The molecule has 0 aliphatic heterocycles. The number of hydrogen-bond donors (Lipinski definition) is 0. The van der Waals surface area contributed by atoms with Crippen molar-refractivity contribution in [3.8, 4) is 11.8 Å². The Morgan fingerprint density at radius 3 is 1.82 bits per heavy atom. The van der Waals surface area contributed by atoms with Gasteiger partial charge in [-0.1, -0.05) is 83.6 Å². The Morgan fingerprint density at radius 1 is 0.750 bits per heavy atom. The first-order valence-corrected chi connectivity index (χ1v) is 9.40. The third-order valence-electron chi connectivity index (χ3n) is 4.58. The van der Waals surface area contributed by atoms with Gasteiger partial charge in [0.2, 0.25) is 6.61 Å². The Balaban J connectivity index is 1.94. The number of rotatable bonds is 6. The molecule has 0 aliphatic rings. The summed E-state index contributed by atoms with van der Waals surface area (Å²) in [6.07, 6.45) is 0. The summed E-state index contributed by atoms with van der Waals surface area (Å²) in [5, 5.41) is 0. The largest absolute Gasteiger partial charge is 0.362 e. The molecule has 2 heteroatoms. The zero-order valence-electron chi connectivity index (χ0n) is 16.7. The molecule has 0 heterocycles. The molecule has 0 saturated heterocycles. The molecule has 0 aliphatic carbocycles. The second-order valence-electron chi connectivity index (χ2n) is 6.90. The summed E-state index contributed by atoms with van der Waals surface area (Å²) in [6, 6.07) is 25.6. The van der Waals surface area contributed by atoms with Gasteiger partial charge in [0.25, 0.3) is 0 Å². The van der Waals surface area contributed by atoms with Crippen LogP contribution in [0, 0.1) is 32.3 Å². The molecule has 28 heavy (non-hydrogen) atoms.